The van der Waals surface area contributed by atoms with Crippen molar-refractivity contribution in [2.24, 2.45) is 0 Å². The molecule has 0 bridgehead atoms. The van der Waals surface area contributed by atoms with E-state index in [1.54, 1.807) is 48.5 Å². The topological polar surface area (TPSA) is 127 Å². The van der Waals surface area contributed by atoms with Crippen LogP contribution in [0.15, 0.2) is 66.7 Å². The second-order valence-electron chi connectivity index (χ2n) is 7.69. The molecule has 3 N–H and O–H groups in total. The SMILES string of the molecule is O=C1OC(O)([C@H](Cc2ccc(Oc3cccc(F)n3)cc2)NC[C@H](O)c2cccc(Cl)c2)OC1=O. The van der Waals surface area contributed by atoms with Crippen molar-refractivity contribution in [1.29, 1.82) is 0 Å². The number of esters is 2. The normalized spacial score (nSPS) is 16.3. The third kappa shape index (κ3) is 6.11. The zero-order valence-electron chi connectivity index (χ0n) is 18.1. The van der Waals surface area contributed by atoms with Gasteiger partial charge in [0.1, 0.15) is 11.8 Å². The molecule has 1 aliphatic heterocycles. The lowest BCUT2D eigenvalue weighted by Gasteiger charge is -2.30. The Kier molecular flexibility index (Phi) is 7.27. The van der Waals surface area contributed by atoms with Crippen LogP contribution in [0.2, 0.25) is 5.02 Å². The van der Waals surface area contributed by atoms with Gasteiger partial charge in [-0.25, -0.2) is 9.59 Å². The number of carbonyl (C=O) groups is 2. The highest BCUT2D eigenvalue weighted by atomic mass is 35.5. The van der Waals surface area contributed by atoms with Crippen molar-refractivity contribution in [3.8, 4) is 11.6 Å². The summed E-state index contributed by atoms with van der Waals surface area (Å²) in [6, 6.07) is 16.1. The van der Waals surface area contributed by atoms with Crippen molar-refractivity contribution in [2.75, 3.05) is 6.54 Å². The number of pyridine rings is 1. The van der Waals surface area contributed by atoms with Gasteiger partial charge in [-0.1, -0.05) is 41.9 Å². The van der Waals surface area contributed by atoms with Gasteiger partial charge in [0.25, 0.3) is 0 Å². The number of aliphatic hydroxyl groups is 2. The number of halogens is 2. The Labute approximate surface area is 204 Å². The molecule has 2 aromatic carbocycles. The van der Waals surface area contributed by atoms with Gasteiger partial charge in [-0.05, 0) is 47.9 Å². The van der Waals surface area contributed by atoms with E-state index in [-0.39, 0.29) is 18.8 Å². The van der Waals surface area contributed by atoms with Gasteiger partial charge >= 0.3 is 17.9 Å². The summed E-state index contributed by atoms with van der Waals surface area (Å²) in [6.45, 7) is -0.0884. The molecule has 4 rings (SSSR count). The minimum absolute atomic E-state index is 0.0256. The Morgan fingerprint density at radius 3 is 2.40 bits per heavy atom. The van der Waals surface area contributed by atoms with Crippen LogP contribution >= 0.6 is 11.6 Å². The molecule has 9 nitrogen and oxygen atoms in total. The zero-order valence-corrected chi connectivity index (χ0v) is 18.8. The molecule has 1 aromatic heterocycles. The summed E-state index contributed by atoms with van der Waals surface area (Å²) in [5.41, 5.74) is 1.15. The summed E-state index contributed by atoms with van der Waals surface area (Å²) in [6.07, 6.45) is -1.00. The van der Waals surface area contributed by atoms with Crippen LogP contribution in [0, 0.1) is 5.95 Å². The fraction of sp³-hybridized carbons (Fsp3) is 0.208. The number of ether oxygens (including phenoxy) is 3. The van der Waals surface area contributed by atoms with Crippen LogP contribution in [-0.2, 0) is 25.5 Å². The maximum atomic E-state index is 13.3. The smallest absolute Gasteiger partial charge is 0.422 e. The molecule has 182 valence electrons. The largest absolute Gasteiger partial charge is 0.439 e. The summed E-state index contributed by atoms with van der Waals surface area (Å²) >= 11 is 5.97. The van der Waals surface area contributed by atoms with Gasteiger partial charge in [-0.3, -0.25) is 0 Å². The second kappa shape index (κ2) is 10.4. The number of benzene rings is 2. The molecule has 35 heavy (non-hydrogen) atoms. The van der Waals surface area contributed by atoms with E-state index in [1.807, 2.05) is 0 Å². The summed E-state index contributed by atoms with van der Waals surface area (Å²) < 4.78 is 28.3. The van der Waals surface area contributed by atoms with Gasteiger partial charge in [0.2, 0.25) is 11.8 Å². The molecule has 11 heteroatoms. The van der Waals surface area contributed by atoms with E-state index < -0.39 is 36.0 Å². The zero-order chi connectivity index (χ0) is 25.0. The molecule has 1 saturated heterocycles. The van der Waals surface area contributed by atoms with E-state index in [2.05, 4.69) is 10.3 Å². The minimum Gasteiger partial charge on any atom is -0.439 e. The molecule has 0 saturated carbocycles. The van der Waals surface area contributed by atoms with Crippen molar-refractivity contribution in [1.82, 2.24) is 10.3 Å². The van der Waals surface area contributed by atoms with Gasteiger partial charge in [-0.15, -0.1) is 0 Å². The van der Waals surface area contributed by atoms with Crippen LogP contribution in [0.4, 0.5) is 4.39 Å². The summed E-state index contributed by atoms with van der Waals surface area (Å²) in [7, 11) is 0. The molecule has 0 aliphatic carbocycles. The Balaban J connectivity index is 1.48. The van der Waals surface area contributed by atoms with Gasteiger partial charge < -0.3 is 29.7 Å². The molecule has 0 spiro atoms. The molecule has 2 heterocycles. The highest BCUT2D eigenvalue weighted by Crippen LogP contribution is 2.27. The van der Waals surface area contributed by atoms with Crippen molar-refractivity contribution in [3.05, 3.63) is 88.8 Å². The molecule has 1 fully saturated rings. The maximum Gasteiger partial charge on any atom is 0.422 e. The van der Waals surface area contributed by atoms with Crippen molar-refractivity contribution >= 4 is 23.5 Å². The third-order valence-corrected chi connectivity index (χ3v) is 5.39. The number of hydrogen-bond acceptors (Lipinski definition) is 9. The predicted molar refractivity (Wildman–Crippen MR) is 120 cm³/mol. The van der Waals surface area contributed by atoms with E-state index >= 15 is 0 Å². The molecular formula is C24H20ClFN2O7. The number of nitrogens with zero attached hydrogens (tertiary/aromatic N) is 1. The third-order valence-electron chi connectivity index (χ3n) is 5.15. The molecular weight excluding hydrogens is 483 g/mol. The van der Waals surface area contributed by atoms with Gasteiger partial charge in [-0.2, -0.15) is 9.37 Å². The second-order valence-corrected chi connectivity index (χ2v) is 8.13. The summed E-state index contributed by atoms with van der Waals surface area (Å²) in [4.78, 5) is 26.8. The lowest BCUT2D eigenvalue weighted by molar-refractivity contribution is -0.307. The highest BCUT2D eigenvalue weighted by Gasteiger charge is 2.53. The molecule has 2 atom stereocenters. The first kappa shape index (κ1) is 24.6. The molecule has 0 unspecified atom stereocenters. The van der Waals surface area contributed by atoms with Gasteiger partial charge in [0.15, 0.2) is 0 Å². The number of hydrogen-bond donors (Lipinski definition) is 3. The standard InChI is InChI=1S/C24H20ClFN2O7/c25-16-4-1-3-15(12-16)18(29)13-27-19(24(32)34-22(30)23(31)35-24)11-14-7-9-17(10-8-14)33-21-6-2-5-20(26)28-21/h1-10,12,18-19,27,29,32H,11,13H2/t18-,19-/m0/s1. The van der Waals surface area contributed by atoms with Crippen LogP contribution in [0.3, 0.4) is 0 Å². The van der Waals surface area contributed by atoms with E-state index in [1.165, 1.54) is 18.2 Å². The first-order valence-corrected chi connectivity index (χ1v) is 10.8. The van der Waals surface area contributed by atoms with E-state index in [9.17, 15) is 24.2 Å². The quantitative estimate of drug-likeness (QED) is 0.230. The van der Waals surface area contributed by atoms with Crippen LogP contribution in [-0.4, -0.2) is 45.7 Å². The van der Waals surface area contributed by atoms with Gasteiger partial charge in [0.05, 0.1) is 6.10 Å². The summed E-state index contributed by atoms with van der Waals surface area (Å²) in [5.74, 6) is -5.47. The Morgan fingerprint density at radius 1 is 1.06 bits per heavy atom. The Bertz CT molecular complexity index is 1210. The minimum atomic E-state index is -2.58. The number of carbonyl (C=O) groups excluding carboxylic acids is 2. The average Bonchev–Trinajstić information content (AvgIpc) is 3.09. The van der Waals surface area contributed by atoms with E-state index in [0.717, 1.165) is 0 Å². The maximum absolute atomic E-state index is 13.3. The van der Waals surface area contributed by atoms with Gasteiger partial charge in [0, 0.05) is 17.6 Å². The molecule has 0 radical (unpaired) electrons. The lowest BCUT2D eigenvalue weighted by Crippen LogP contribution is -2.54. The number of rotatable bonds is 9. The van der Waals surface area contributed by atoms with E-state index in [4.69, 9.17) is 25.8 Å². The number of aliphatic hydroxyl groups excluding tert-OH is 1. The van der Waals surface area contributed by atoms with E-state index in [0.29, 0.717) is 21.9 Å². The number of nitrogens with one attached hydrogen (secondary N) is 1. The molecule has 0 amide bonds. The number of aromatic nitrogens is 1. The summed E-state index contributed by atoms with van der Waals surface area (Å²) in [5, 5.41) is 24.6. The van der Waals surface area contributed by atoms with Crippen LogP contribution in [0.5, 0.6) is 11.6 Å². The fourth-order valence-electron chi connectivity index (χ4n) is 3.42. The van der Waals surface area contributed by atoms with Crippen LogP contribution in [0.1, 0.15) is 17.2 Å². The monoisotopic (exact) mass is 502 g/mol. The van der Waals surface area contributed by atoms with Crippen molar-refractivity contribution < 1.29 is 38.4 Å². The highest BCUT2D eigenvalue weighted by molar-refractivity contribution is 6.31. The fourth-order valence-corrected chi connectivity index (χ4v) is 3.62. The average molecular weight is 503 g/mol. The van der Waals surface area contributed by atoms with Crippen molar-refractivity contribution in [2.45, 2.75) is 24.5 Å². The predicted octanol–water partition coefficient (Wildman–Crippen LogP) is 2.65. The van der Waals surface area contributed by atoms with Crippen molar-refractivity contribution in [3.63, 3.8) is 0 Å². The molecule has 3 aromatic rings. The molecule has 1 aliphatic rings. The Morgan fingerprint density at radius 2 is 1.74 bits per heavy atom. The van der Waals surface area contributed by atoms with Crippen LogP contribution < -0.4 is 10.1 Å². The Hall–Kier alpha value is -3.57. The first-order valence-electron chi connectivity index (χ1n) is 10.5. The van der Waals surface area contributed by atoms with Crippen LogP contribution in [0.25, 0.3) is 0 Å². The first-order chi connectivity index (χ1) is 16.7. The lowest BCUT2D eigenvalue weighted by atomic mass is 10.0. The number of cyclic esters (lactones) is 2.